The Hall–Kier alpha value is -3.01. The molecule has 1 atom stereocenters. The Bertz CT molecular complexity index is 970. The van der Waals surface area contributed by atoms with E-state index in [4.69, 9.17) is 0 Å². The van der Waals surface area contributed by atoms with Gasteiger partial charge >= 0.3 is 0 Å². The van der Waals surface area contributed by atoms with Crippen LogP contribution in [0.2, 0.25) is 0 Å². The minimum absolute atomic E-state index is 0.150. The SMILES string of the molecule is Cc1cc(C(=O)N2CCN(c3ccccc3)CC2)c(C)n1[C@@H](C)c1ccccc1. The van der Waals surface area contributed by atoms with Crippen LogP contribution in [0.1, 0.15) is 40.3 Å². The molecule has 0 spiro atoms. The summed E-state index contributed by atoms with van der Waals surface area (Å²) in [5.41, 5.74) is 5.50. The number of carbonyl (C=O) groups is 1. The maximum atomic E-state index is 13.3. The summed E-state index contributed by atoms with van der Waals surface area (Å²) in [5.74, 6) is 0.150. The van der Waals surface area contributed by atoms with Gasteiger partial charge in [-0.1, -0.05) is 48.5 Å². The van der Waals surface area contributed by atoms with Crippen molar-refractivity contribution < 1.29 is 4.79 Å². The number of amides is 1. The molecule has 0 unspecified atom stereocenters. The molecule has 29 heavy (non-hydrogen) atoms. The minimum atomic E-state index is 0.150. The molecule has 2 heterocycles. The van der Waals surface area contributed by atoms with Gasteiger partial charge in [-0.25, -0.2) is 0 Å². The first-order chi connectivity index (χ1) is 14.1. The number of rotatable bonds is 4. The maximum Gasteiger partial charge on any atom is 0.255 e. The Labute approximate surface area is 173 Å². The third-order valence-electron chi connectivity index (χ3n) is 6.07. The fourth-order valence-electron chi connectivity index (χ4n) is 4.45. The van der Waals surface area contributed by atoms with Crippen LogP contribution >= 0.6 is 0 Å². The van der Waals surface area contributed by atoms with Crippen molar-refractivity contribution in [1.82, 2.24) is 9.47 Å². The summed E-state index contributed by atoms with van der Waals surface area (Å²) in [6.45, 7) is 9.61. The lowest BCUT2D eigenvalue weighted by Gasteiger charge is -2.36. The highest BCUT2D eigenvalue weighted by atomic mass is 16.2. The Morgan fingerprint density at radius 3 is 2.07 bits per heavy atom. The lowest BCUT2D eigenvalue weighted by molar-refractivity contribution is 0.0746. The van der Waals surface area contributed by atoms with Crippen molar-refractivity contribution in [1.29, 1.82) is 0 Å². The number of para-hydroxylation sites is 1. The van der Waals surface area contributed by atoms with E-state index in [2.05, 4.69) is 84.8 Å². The summed E-state index contributed by atoms with van der Waals surface area (Å²) in [6.07, 6.45) is 0. The van der Waals surface area contributed by atoms with Gasteiger partial charge in [-0.15, -0.1) is 0 Å². The monoisotopic (exact) mass is 387 g/mol. The molecule has 4 nitrogen and oxygen atoms in total. The van der Waals surface area contributed by atoms with Gasteiger partial charge in [-0.2, -0.15) is 0 Å². The quantitative estimate of drug-likeness (QED) is 0.650. The van der Waals surface area contributed by atoms with Crippen molar-refractivity contribution in [2.75, 3.05) is 31.1 Å². The molecular formula is C25H29N3O. The van der Waals surface area contributed by atoms with Crippen LogP contribution in [0, 0.1) is 13.8 Å². The molecule has 1 saturated heterocycles. The van der Waals surface area contributed by atoms with Gasteiger partial charge in [0.05, 0.1) is 11.6 Å². The second kappa shape index (κ2) is 8.16. The van der Waals surface area contributed by atoms with Crippen LogP contribution in [-0.2, 0) is 0 Å². The molecule has 0 radical (unpaired) electrons. The second-order valence-electron chi connectivity index (χ2n) is 7.86. The average Bonchev–Trinajstić information content (AvgIpc) is 3.08. The van der Waals surface area contributed by atoms with Crippen molar-refractivity contribution in [3.8, 4) is 0 Å². The fourth-order valence-corrected chi connectivity index (χ4v) is 4.45. The van der Waals surface area contributed by atoms with Crippen LogP contribution in [0.15, 0.2) is 66.7 Å². The van der Waals surface area contributed by atoms with Gasteiger partial charge in [-0.05, 0) is 44.5 Å². The zero-order valence-corrected chi connectivity index (χ0v) is 17.5. The summed E-state index contributed by atoms with van der Waals surface area (Å²) in [4.78, 5) is 17.6. The Balaban J connectivity index is 1.50. The van der Waals surface area contributed by atoms with E-state index in [0.29, 0.717) is 0 Å². The number of piperazine rings is 1. The third kappa shape index (κ3) is 3.80. The predicted molar refractivity (Wildman–Crippen MR) is 119 cm³/mol. The van der Waals surface area contributed by atoms with Crippen molar-refractivity contribution >= 4 is 11.6 Å². The van der Waals surface area contributed by atoms with E-state index in [1.807, 2.05) is 17.0 Å². The summed E-state index contributed by atoms with van der Waals surface area (Å²) in [5, 5.41) is 0. The van der Waals surface area contributed by atoms with E-state index >= 15 is 0 Å². The summed E-state index contributed by atoms with van der Waals surface area (Å²) in [7, 11) is 0. The maximum absolute atomic E-state index is 13.3. The van der Waals surface area contributed by atoms with Gasteiger partial charge in [0.25, 0.3) is 5.91 Å². The Morgan fingerprint density at radius 2 is 1.45 bits per heavy atom. The van der Waals surface area contributed by atoms with Gasteiger partial charge < -0.3 is 14.4 Å². The van der Waals surface area contributed by atoms with E-state index in [-0.39, 0.29) is 11.9 Å². The first-order valence-corrected chi connectivity index (χ1v) is 10.4. The van der Waals surface area contributed by atoms with Crippen molar-refractivity contribution in [2.24, 2.45) is 0 Å². The van der Waals surface area contributed by atoms with Crippen LogP contribution in [0.4, 0.5) is 5.69 Å². The molecule has 4 heteroatoms. The Kier molecular flexibility index (Phi) is 5.43. The normalized spacial score (nSPS) is 15.4. The van der Waals surface area contributed by atoms with E-state index in [1.54, 1.807) is 0 Å². The molecule has 1 fully saturated rings. The van der Waals surface area contributed by atoms with Gasteiger partial charge in [0.15, 0.2) is 0 Å². The zero-order chi connectivity index (χ0) is 20.4. The number of hydrogen-bond acceptors (Lipinski definition) is 2. The molecular weight excluding hydrogens is 358 g/mol. The number of nitrogens with zero attached hydrogens (tertiary/aromatic N) is 3. The molecule has 0 saturated carbocycles. The number of aryl methyl sites for hydroxylation is 1. The van der Waals surface area contributed by atoms with Crippen LogP contribution in [0.25, 0.3) is 0 Å². The highest BCUT2D eigenvalue weighted by Crippen LogP contribution is 2.27. The van der Waals surface area contributed by atoms with Crippen molar-refractivity contribution in [3.05, 3.63) is 89.2 Å². The van der Waals surface area contributed by atoms with Gasteiger partial charge in [0.2, 0.25) is 0 Å². The molecule has 0 aliphatic carbocycles. The number of benzene rings is 2. The molecule has 0 bridgehead atoms. The largest absolute Gasteiger partial charge is 0.368 e. The summed E-state index contributed by atoms with van der Waals surface area (Å²) < 4.78 is 2.28. The summed E-state index contributed by atoms with van der Waals surface area (Å²) >= 11 is 0. The molecule has 150 valence electrons. The van der Waals surface area contributed by atoms with Crippen LogP contribution in [0.5, 0.6) is 0 Å². The molecule has 0 N–H and O–H groups in total. The van der Waals surface area contributed by atoms with E-state index in [0.717, 1.165) is 43.1 Å². The number of anilines is 1. The minimum Gasteiger partial charge on any atom is -0.368 e. The van der Waals surface area contributed by atoms with Gasteiger partial charge in [-0.3, -0.25) is 4.79 Å². The van der Waals surface area contributed by atoms with Crippen LogP contribution < -0.4 is 4.90 Å². The van der Waals surface area contributed by atoms with E-state index < -0.39 is 0 Å². The number of carbonyl (C=O) groups excluding carboxylic acids is 1. The smallest absolute Gasteiger partial charge is 0.255 e. The lowest BCUT2D eigenvalue weighted by Crippen LogP contribution is -2.48. The van der Waals surface area contributed by atoms with Crippen LogP contribution in [0.3, 0.4) is 0 Å². The van der Waals surface area contributed by atoms with Crippen LogP contribution in [-0.4, -0.2) is 41.6 Å². The number of hydrogen-bond donors (Lipinski definition) is 0. The fraction of sp³-hybridized carbons (Fsp3) is 0.320. The standard InChI is InChI=1S/C25H29N3O/c1-19-18-24(21(3)28(19)20(2)22-10-6-4-7-11-22)25(29)27-16-14-26(15-17-27)23-12-8-5-9-13-23/h4-13,18,20H,14-17H2,1-3H3/t20-/m0/s1. The Morgan fingerprint density at radius 1 is 0.862 bits per heavy atom. The first-order valence-electron chi connectivity index (χ1n) is 10.4. The number of aromatic nitrogens is 1. The van der Waals surface area contributed by atoms with Gasteiger partial charge in [0.1, 0.15) is 0 Å². The zero-order valence-electron chi connectivity index (χ0n) is 17.5. The van der Waals surface area contributed by atoms with Gasteiger partial charge in [0, 0.05) is 43.3 Å². The lowest BCUT2D eigenvalue weighted by atomic mass is 10.1. The molecule has 2 aromatic carbocycles. The second-order valence-corrected chi connectivity index (χ2v) is 7.86. The topological polar surface area (TPSA) is 28.5 Å². The molecule has 3 aromatic rings. The third-order valence-corrected chi connectivity index (χ3v) is 6.07. The van der Waals surface area contributed by atoms with E-state index in [1.165, 1.54) is 11.3 Å². The molecule has 1 aromatic heterocycles. The predicted octanol–water partition coefficient (Wildman–Crippen LogP) is 4.68. The van der Waals surface area contributed by atoms with Crippen molar-refractivity contribution in [2.45, 2.75) is 26.8 Å². The molecule has 4 rings (SSSR count). The van der Waals surface area contributed by atoms with E-state index in [9.17, 15) is 4.79 Å². The highest BCUT2D eigenvalue weighted by molar-refractivity contribution is 5.96. The molecule has 1 aliphatic rings. The first kappa shape index (κ1) is 19.3. The summed E-state index contributed by atoms with van der Waals surface area (Å²) in [6, 6.07) is 23.2. The van der Waals surface area contributed by atoms with Crippen molar-refractivity contribution in [3.63, 3.8) is 0 Å². The highest BCUT2D eigenvalue weighted by Gasteiger charge is 2.26. The molecule has 1 amide bonds. The molecule has 1 aliphatic heterocycles. The average molecular weight is 388 g/mol.